The molecule has 3 aromatic carbocycles. The summed E-state index contributed by atoms with van der Waals surface area (Å²) in [4.78, 5) is 12.4. The number of aromatic nitrogens is 3. The molecule has 0 aliphatic rings. The van der Waals surface area contributed by atoms with Gasteiger partial charge in [0.2, 0.25) is 5.91 Å². The number of nitrogens with one attached hydrogen (secondary N) is 1. The third kappa shape index (κ3) is 5.32. The van der Waals surface area contributed by atoms with Crippen molar-refractivity contribution >= 4 is 23.4 Å². The van der Waals surface area contributed by atoms with Crippen LogP contribution in [0, 0.1) is 6.92 Å². The molecule has 0 bridgehead atoms. The summed E-state index contributed by atoms with van der Waals surface area (Å²) in [5.74, 6) is 0.996. The second-order valence-electron chi connectivity index (χ2n) is 7.13. The van der Waals surface area contributed by atoms with E-state index in [4.69, 9.17) is 0 Å². The fraction of sp³-hybridized carbons (Fsp3) is 0.125. The lowest BCUT2D eigenvalue weighted by Gasteiger charge is -2.11. The second kappa shape index (κ2) is 9.49. The first-order chi connectivity index (χ1) is 15.1. The number of amides is 1. The van der Waals surface area contributed by atoms with Gasteiger partial charge in [-0.2, -0.15) is 0 Å². The summed E-state index contributed by atoms with van der Waals surface area (Å²) in [6.07, 6.45) is 0. The Kier molecular flexibility index (Phi) is 6.33. The number of phenols is 1. The highest BCUT2D eigenvalue weighted by Gasteiger charge is 2.16. The molecule has 7 heteroatoms. The van der Waals surface area contributed by atoms with E-state index in [9.17, 15) is 9.90 Å². The molecule has 0 aliphatic carbocycles. The van der Waals surface area contributed by atoms with Crippen molar-refractivity contribution in [3.63, 3.8) is 0 Å². The minimum Gasteiger partial charge on any atom is -0.508 e. The molecule has 0 radical (unpaired) electrons. The number of hydrogen-bond donors (Lipinski definition) is 2. The number of aromatic hydroxyl groups is 1. The molecular formula is C24H22N4O2S. The third-order valence-corrected chi connectivity index (χ3v) is 5.66. The van der Waals surface area contributed by atoms with Gasteiger partial charge in [-0.3, -0.25) is 9.36 Å². The maximum absolute atomic E-state index is 12.4. The summed E-state index contributed by atoms with van der Waals surface area (Å²) < 4.78 is 1.99. The van der Waals surface area contributed by atoms with Crippen LogP contribution in [-0.4, -0.2) is 31.5 Å². The van der Waals surface area contributed by atoms with E-state index in [1.165, 1.54) is 11.8 Å². The van der Waals surface area contributed by atoms with Gasteiger partial charge < -0.3 is 10.4 Å². The Hall–Kier alpha value is -3.58. The Morgan fingerprint density at radius 2 is 1.68 bits per heavy atom. The van der Waals surface area contributed by atoms with Crippen LogP contribution in [0.3, 0.4) is 0 Å². The highest BCUT2D eigenvalue weighted by molar-refractivity contribution is 7.99. The summed E-state index contributed by atoms with van der Waals surface area (Å²) in [6, 6.07) is 24.6. The van der Waals surface area contributed by atoms with Crippen LogP contribution < -0.4 is 5.32 Å². The molecule has 31 heavy (non-hydrogen) atoms. The van der Waals surface area contributed by atoms with E-state index in [-0.39, 0.29) is 17.4 Å². The highest BCUT2D eigenvalue weighted by atomic mass is 32.2. The monoisotopic (exact) mass is 430 g/mol. The van der Waals surface area contributed by atoms with Gasteiger partial charge in [0, 0.05) is 11.3 Å². The van der Waals surface area contributed by atoms with Crippen molar-refractivity contribution in [1.29, 1.82) is 0 Å². The van der Waals surface area contributed by atoms with E-state index in [1.54, 1.807) is 24.3 Å². The Balaban J connectivity index is 1.54. The van der Waals surface area contributed by atoms with Gasteiger partial charge in [-0.25, -0.2) is 0 Å². The van der Waals surface area contributed by atoms with Crippen LogP contribution in [-0.2, 0) is 11.3 Å². The van der Waals surface area contributed by atoms with Gasteiger partial charge in [0.15, 0.2) is 11.0 Å². The number of carbonyl (C=O) groups is 1. The Morgan fingerprint density at radius 3 is 2.39 bits per heavy atom. The van der Waals surface area contributed by atoms with Crippen molar-refractivity contribution in [3.05, 3.63) is 90.0 Å². The van der Waals surface area contributed by atoms with E-state index in [1.807, 2.05) is 66.1 Å². The first-order valence-corrected chi connectivity index (χ1v) is 10.8. The number of phenolic OH excluding ortho intramolecular Hbond substituents is 1. The molecule has 4 aromatic rings. The quantitative estimate of drug-likeness (QED) is 0.414. The van der Waals surface area contributed by atoms with Crippen molar-refractivity contribution < 1.29 is 9.90 Å². The zero-order valence-corrected chi connectivity index (χ0v) is 17.8. The third-order valence-electron chi connectivity index (χ3n) is 4.69. The fourth-order valence-electron chi connectivity index (χ4n) is 3.09. The molecular weight excluding hydrogens is 408 g/mol. The van der Waals surface area contributed by atoms with E-state index < -0.39 is 0 Å². The predicted octanol–water partition coefficient (Wildman–Crippen LogP) is 4.74. The normalized spacial score (nSPS) is 10.7. The van der Waals surface area contributed by atoms with Crippen molar-refractivity contribution in [2.24, 2.45) is 0 Å². The predicted molar refractivity (Wildman–Crippen MR) is 123 cm³/mol. The van der Waals surface area contributed by atoms with Gasteiger partial charge in [-0.05, 0) is 48.9 Å². The fourth-order valence-corrected chi connectivity index (χ4v) is 3.83. The van der Waals surface area contributed by atoms with Crippen molar-refractivity contribution in [2.45, 2.75) is 18.6 Å². The lowest BCUT2D eigenvalue weighted by Crippen LogP contribution is -2.14. The summed E-state index contributed by atoms with van der Waals surface area (Å²) in [5.41, 5.74) is 3.86. The van der Waals surface area contributed by atoms with Crippen LogP contribution in [0.1, 0.15) is 11.1 Å². The number of hydrogen-bond acceptors (Lipinski definition) is 5. The lowest BCUT2D eigenvalue weighted by atomic mass is 10.2. The summed E-state index contributed by atoms with van der Waals surface area (Å²) in [7, 11) is 0. The minimum atomic E-state index is -0.103. The first-order valence-electron chi connectivity index (χ1n) is 9.84. The molecule has 0 spiro atoms. The molecule has 0 unspecified atom stereocenters. The average molecular weight is 431 g/mol. The number of benzene rings is 3. The van der Waals surface area contributed by atoms with Gasteiger partial charge in [-0.1, -0.05) is 59.8 Å². The maximum atomic E-state index is 12.4. The molecule has 0 saturated carbocycles. The van der Waals surface area contributed by atoms with Crippen molar-refractivity contribution in [2.75, 3.05) is 11.1 Å². The van der Waals surface area contributed by atoms with Crippen LogP contribution in [0.5, 0.6) is 5.75 Å². The number of thioether (sulfide) groups is 1. The summed E-state index contributed by atoms with van der Waals surface area (Å²) in [5, 5.41) is 21.9. The standard InChI is InChI=1S/C24H22N4O2S/c1-17-7-11-20(12-8-17)25-22(30)16-31-24-27-26-23(19-9-13-21(29)14-10-19)28(24)15-18-5-3-2-4-6-18/h2-14,29H,15-16H2,1H3,(H,25,30). The van der Waals surface area contributed by atoms with Crippen molar-refractivity contribution in [3.8, 4) is 17.1 Å². The minimum absolute atomic E-state index is 0.103. The second-order valence-corrected chi connectivity index (χ2v) is 8.07. The Bertz CT molecular complexity index is 1160. The average Bonchev–Trinajstić information content (AvgIpc) is 3.17. The molecule has 1 heterocycles. The molecule has 1 amide bonds. The number of anilines is 1. The molecule has 1 aromatic heterocycles. The van der Waals surface area contributed by atoms with E-state index in [0.29, 0.717) is 17.5 Å². The zero-order valence-electron chi connectivity index (χ0n) is 17.0. The number of carbonyl (C=O) groups excluding carboxylic acids is 1. The summed E-state index contributed by atoms with van der Waals surface area (Å²) in [6.45, 7) is 2.58. The molecule has 0 saturated heterocycles. The maximum Gasteiger partial charge on any atom is 0.234 e. The van der Waals surface area contributed by atoms with Crippen LogP contribution in [0.25, 0.3) is 11.4 Å². The van der Waals surface area contributed by atoms with Gasteiger partial charge >= 0.3 is 0 Å². The molecule has 2 N–H and O–H groups in total. The van der Waals surface area contributed by atoms with Crippen LogP contribution in [0.2, 0.25) is 0 Å². The van der Waals surface area contributed by atoms with E-state index in [2.05, 4.69) is 15.5 Å². The Labute approximate surface area is 185 Å². The van der Waals surface area contributed by atoms with Gasteiger partial charge in [0.05, 0.1) is 12.3 Å². The number of nitrogens with zero attached hydrogens (tertiary/aromatic N) is 3. The van der Waals surface area contributed by atoms with E-state index >= 15 is 0 Å². The molecule has 4 rings (SSSR count). The SMILES string of the molecule is Cc1ccc(NC(=O)CSc2nnc(-c3ccc(O)cc3)n2Cc2ccccc2)cc1. The zero-order chi connectivity index (χ0) is 21.6. The van der Waals surface area contributed by atoms with Gasteiger partial charge in [-0.15, -0.1) is 10.2 Å². The smallest absolute Gasteiger partial charge is 0.234 e. The Morgan fingerprint density at radius 1 is 0.968 bits per heavy atom. The molecule has 0 fully saturated rings. The van der Waals surface area contributed by atoms with E-state index in [0.717, 1.165) is 22.4 Å². The topological polar surface area (TPSA) is 80.0 Å². The lowest BCUT2D eigenvalue weighted by molar-refractivity contribution is -0.113. The largest absolute Gasteiger partial charge is 0.508 e. The highest BCUT2D eigenvalue weighted by Crippen LogP contribution is 2.26. The summed E-state index contributed by atoms with van der Waals surface area (Å²) >= 11 is 1.34. The molecule has 0 atom stereocenters. The van der Waals surface area contributed by atoms with Crippen molar-refractivity contribution in [1.82, 2.24) is 14.8 Å². The number of rotatable bonds is 7. The first kappa shape index (κ1) is 20.7. The molecule has 6 nitrogen and oxygen atoms in total. The van der Waals surface area contributed by atoms with Crippen LogP contribution in [0.15, 0.2) is 84.0 Å². The van der Waals surface area contributed by atoms with Crippen LogP contribution >= 0.6 is 11.8 Å². The van der Waals surface area contributed by atoms with Gasteiger partial charge in [0.1, 0.15) is 5.75 Å². The van der Waals surface area contributed by atoms with Gasteiger partial charge in [0.25, 0.3) is 0 Å². The number of aryl methyl sites for hydroxylation is 1. The molecule has 156 valence electrons. The molecule has 0 aliphatic heterocycles. The van der Waals surface area contributed by atoms with Crippen LogP contribution in [0.4, 0.5) is 5.69 Å².